The van der Waals surface area contributed by atoms with Gasteiger partial charge < -0.3 is 10.0 Å². The summed E-state index contributed by atoms with van der Waals surface area (Å²) in [7, 11) is 2.13. The zero-order valence-electron chi connectivity index (χ0n) is 14.2. The fraction of sp³-hybridized carbons (Fsp3) is 0.190. The summed E-state index contributed by atoms with van der Waals surface area (Å²) in [6.45, 7) is 1.08. The molecular formula is C21H21N2OS+. The molecule has 0 atom stereocenters. The maximum Gasteiger partial charge on any atom is 0.169 e. The highest BCUT2D eigenvalue weighted by Crippen LogP contribution is 2.49. The van der Waals surface area contributed by atoms with Crippen LogP contribution < -0.4 is 9.47 Å². The summed E-state index contributed by atoms with van der Waals surface area (Å²) < 4.78 is 2.10. The van der Waals surface area contributed by atoms with E-state index in [0.29, 0.717) is 0 Å². The van der Waals surface area contributed by atoms with E-state index in [1.54, 1.807) is 0 Å². The number of anilines is 1. The van der Waals surface area contributed by atoms with Gasteiger partial charge in [-0.05, 0) is 28.5 Å². The molecule has 2 aromatic carbocycles. The van der Waals surface area contributed by atoms with Gasteiger partial charge in [0.25, 0.3) is 0 Å². The van der Waals surface area contributed by atoms with Gasteiger partial charge in [0.05, 0.1) is 10.7 Å². The van der Waals surface area contributed by atoms with Gasteiger partial charge in [-0.1, -0.05) is 42.1 Å². The monoisotopic (exact) mass is 349 g/mol. The topological polar surface area (TPSA) is 27.4 Å². The zero-order chi connectivity index (χ0) is 17.2. The Morgan fingerprint density at radius 3 is 2.68 bits per heavy atom. The van der Waals surface area contributed by atoms with E-state index in [2.05, 4.69) is 83.5 Å². The molecule has 1 N–H and O–H groups in total. The first-order valence-corrected chi connectivity index (χ1v) is 9.33. The first kappa shape index (κ1) is 16.2. The number of aromatic nitrogens is 1. The third-order valence-corrected chi connectivity index (χ3v) is 5.77. The summed E-state index contributed by atoms with van der Waals surface area (Å²) in [5.41, 5.74) is 2.45. The number of aliphatic hydroxyl groups excluding tert-OH is 1. The van der Waals surface area contributed by atoms with Crippen LogP contribution in [0.15, 0.2) is 70.8 Å². The fourth-order valence-electron chi connectivity index (χ4n) is 3.13. The quantitative estimate of drug-likeness (QED) is 0.720. The normalized spacial score (nSPS) is 15.1. The molecule has 1 aliphatic rings. The Kier molecular flexibility index (Phi) is 4.47. The number of benzene rings is 2. The van der Waals surface area contributed by atoms with E-state index in [9.17, 15) is 0 Å². The lowest BCUT2D eigenvalue weighted by molar-refractivity contribution is -0.697. The van der Waals surface area contributed by atoms with Crippen molar-refractivity contribution in [3.8, 4) is 0 Å². The lowest BCUT2D eigenvalue weighted by atomic mass is 10.1. The SMILES string of the molecule is CN1/C(=C/c2cc[n+](CCCO)cc2)Sc2c1ccc1ccccc21. The third-order valence-electron chi connectivity index (χ3n) is 4.54. The Morgan fingerprint density at radius 2 is 1.88 bits per heavy atom. The number of fused-ring (bicyclic) bond motifs is 3. The van der Waals surface area contributed by atoms with Gasteiger partial charge in [0.15, 0.2) is 18.9 Å². The number of thioether (sulfide) groups is 1. The second kappa shape index (κ2) is 6.90. The average molecular weight is 349 g/mol. The Balaban J connectivity index is 1.63. The first-order chi connectivity index (χ1) is 12.3. The Morgan fingerprint density at radius 1 is 1.08 bits per heavy atom. The van der Waals surface area contributed by atoms with E-state index in [4.69, 9.17) is 5.11 Å². The molecule has 0 saturated heterocycles. The summed E-state index contributed by atoms with van der Waals surface area (Å²) in [5, 5.41) is 12.8. The maximum absolute atomic E-state index is 8.93. The van der Waals surface area contributed by atoms with Crippen molar-refractivity contribution in [2.75, 3.05) is 18.6 Å². The van der Waals surface area contributed by atoms with Crippen LogP contribution in [0.1, 0.15) is 12.0 Å². The van der Waals surface area contributed by atoms with Crippen molar-refractivity contribution in [3.63, 3.8) is 0 Å². The van der Waals surface area contributed by atoms with E-state index in [1.165, 1.54) is 31.9 Å². The number of pyridine rings is 1. The molecule has 0 unspecified atom stereocenters. The molecule has 0 saturated carbocycles. The van der Waals surface area contributed by atoms with Crippen molar-refractivity contribution in [2.24, 2.45) is 0 Å². The van der Waals surface area contributed by atoms with Gasteiger partial charge in [0, 0.05) is 37.1 Å². The Hall–Kier alpha value is -2.30. The fourth-order valence-corrected chi connectivity index (χ4v) is 4.38. The number of hydrogen-bond acceptors (Lipinski definition) is 3. The van der Waals surface area contributed by atoms with Gasteiger partial charge in [-0.15, -0.1) is 0 Å². The van der Waals surface area contributed by atoms with Crippen molar-refractivity contribution in [1.29, 1.82) is 0 Å². The summed E-state index contributed by atoms with van der Waals surface area (Å²) in [6, 6.07) is 17.2. The van der Waals surface area contributed by atoms with Gasteiger partial charge in [-0.3, -0.25) is 0 Å². The van der Waals surface area contributed by atoms with E-state index < -0.39 is 0 Å². The number of hydrogen-bond donors (Lipinski definition) is 1. The van der Waals surface area contributed by atoms with Crippen molar-refractivity contribution < 1.29 is 9.67 Å². The number of rotatable bonds is 4. The van der Waals surface area contributed by atoms with Crippen molar-refractivity contribution in [3.05, 3.63) is 71.5 Å². The molecule has 4 rings (SSSR count). The second-order valence-corrected chi connectivity index (χ2v) is 7.26. The minimum absolute atomic E-state index is 0.229. The molecule has 2 heterocycles. The highest BCUT2D eigenvalue weighted by molar-refractivity contribution is 8.04. The Labute approximate surface area is 152 Å². The van der Waals surface area contributed by atoms with Gasteiger partial charge in [-0.2, -0.15) is 0 Å². The average Bonchev–Trinajstić information content (AvgIpc) is 2.97. The van der Waals surface area contributed by atoms with Gasteiger partial charge in [0.1, 0.15) is 0 Å². The molecule has 3 aromatic rings. The summed E-state index contributed by atoms with van der Waals surface area (Å²) in [6.07, 6.45) is 7.16. The minimum atomic E-state index is 0.229. The van der Waals surface area contributed by atoms with Gasteiger partial charge >= 0.3 is 0 Å². The molecule has 3 nitrogen and oxygen atoms in total. The van der Waals surface area contributed by atoms with Crippen LogP contribution in [0, 0.1) is 0 Å². The molecule has 1 aromatic heterocycles. The zero-order valence-corrected chi connectivity index (χ0v) is 15.0. The summed E-state index contributed by atoms with van der Waals surface area (Å²) in [5.74, 6) is 0. The predicted molar refractivity (Wildman–Crippen MR) is 105 cm³/mol. The number of nitrogens with zero attached hydrogens (tertiary/aromatic N) is 2. The highest BCUT2D eigenvalue weighted by atomic mass is 32.2. The van der Waals surface area contributed by atoms with Crippen molar-refractivity contribution in [1.82, 2.24) is 0 Å². The smallest absolute Gasteiger partial charge is 0.169 e. The molecule has 0 spiro atoms. The lowest BCUT2D eigenvalue weighted by Gasteiger charge is -2.13. The van der Waals surface area contributed by atoms with Crippen molar-refractivity contribution >= 4 is 34.3 Å². The standard InChI is InChI=1S/C21H21N2OS/c1-22-19-8-7-17-5-2-3-6-18(17)21(19)25-20(22)15-16-9-12-23(13-10-16)11-4-14-24/h2-3,5-10,12-13,15,24H,4,11,14H2,1H3/q+1. The molecule has 4 heteroatoms. The molecule has 126 valence electrons. The molecule has 1 aliphatic heterocycles. The van der Waals surface area contributed by atoms with Crippen LogP contribution in [0.3, 0.4) is 0 Å². The van der Waals surface area contributed by atoms with E-state index in [-0.39, 0.29) is 6.61 Å². The van der Waals surface area contributed by atoms with Crippen LogP contribution in [0.5, 0.6) is 0 Å². The molecule has 0 fully saturated rings. The second-order valence-electron chi connectivity index (χ2n) is 6.23. The number of aryl methyl sites for hydroxylation is 1. The minimum Gasteiger partial charge on any atom is -0.396 e. The summed E-state index contributed by atoms with van der Waals surface area (Å²) >= 11 is 1.83. The largest absolute Gasteiger partial charge is 0.396 e. The van der Waals surface area contributed by atoms with Gasteiger partial charge in [0.2, 0.25) is 0 Å². The summed E-state index contributed by atoms with van der Waals surface area (Å²) in [4.78, 5) is 3.60. The molecule has 0 amide bonds. The lowest BCUT2D eigenvalue weighted by Crippen LogP contribution is -2.32. The molecule has 25 heavy (non-hydrogen) atoms. The molecule has 0 bridgehead atoms. The van der Waals surface area contributed by atoms with Crippen LogP contribution in [-0.2, 0) is 6.54 Å². The molecule has 0 radical (unpaired) electrons. The third kappa shape index (κ3) is 3.15. The molecule has 0 aliphatic carbocycles. The molecular weight excluding hydrogens is 328 g/mol. The van der Waals surface area contributed by atoms with Crippen LogP contribution >= 0.6 is 11.8 Å². The van der Waals surface area contributed by atoms with Crippen LogP contribution in [0.25, 0.3) is 16.8 Å². The highest BCUT2D eigenvalue weighted by Gasteiger charge is 2.23. The van der Waals surface area contributed by atoms with Crippen LogP contribution in [-0.4, -0.2) is 18.8 Å². The van der Waals surface area contributed by atoms with Crippen molar-refractivity contribution in [2.45, 2.75) is 17.9 Å². The Bertz CT molecular complexity index is 934. The maximum atomic E-state index is 8.93. The van der Waals surface area contributed by atoms with E-state index >= 15 is 0 Å². The van der Waals surface area contributed by atoms with E-state index in [0.717, 1.165) is 13.0 Å². The van der Waals surface area contributed by atoms with Crippen LogP contribution in [0.2, 0.25) is 0 Å². The van der Waals surface area contributed by atoms with Crippen LogP contribution in [0.4, 0.5) is 5.69 Å². The van der Waals surface area contributed by atoms with Gasteiger partial charge in [-0.25, -0.2) is 4.57 Å². The van der Waals surface area contributed by atoms with E-state index in [1.807, 2.05) is 11.8 Å². The number of aliphatic hydroxyl groups is 1. The first-order valence-electron chi connectivity index (χ1n) is 8.51. The predicted octanol–water partition coefficient (Wildman–Crippen LogP) is 4.05.